The molecule has 0 fully saturated rings. The Morgan fingerprint density at radius 3 is 1.53 bits per heavy atom. The van der Waals surface area contributed by atoms with E-state index in [4.69, 9.17) is 0 Å². The third kappa shape index (κ3) is 4.39. The maximum atomic E-state index is 11.8. The molecule has 0 radical (unpaired) electrons. The van der Waals surface area contributed by atoms with Crippen LogP contribution in [0.25, 0.3) is 0 Å². The Morgan fingerprint density at radius 2 is 1.33 bits per heavy atom. The van der Waals surface area contributed by atoms with Crippen LogP contribution in [0.2, 0.25) is 0 Å². The molecule has 15 heavy (non-hydrogen) atoms. The van der Waals surface area contributed by atoms with Crippen molar-refractivity contribution in [2.24, 2.45) is 5.92 Å². The van der Waals surface area contributed by atoms with Gasteiger partial charge in [0.15, 0.2) is 0 Å². The van der Waals surface area contributed by atoms with Gasteiger partial charge in [-0.3, -0.25) is 4.79 Å². The normalized spacial score (nSPS) is 13.5. The molecule has 2 nitrogen and oxygen atoms in total. The topological polar surface area (TPSA) is 26.3 Å². The second-order valence-electron chi connectivity index (χ2n) is 3.05. The van der Waals surface area contributed by atoms with E-state index in [9.17, 15) is 31.1 Å². The molecule has 0 heterocycles. The Balaban J connectivity index is 4.77. The summed E-state index contributed by atoms with van der Waals surface area (Å²) in [6, 6.07) is 0. The lowest BCUT2D eigenvalue weighted by molar-refractivity contribution is -0.314. The third-order valence-corrected chi connectivity index (χ3v) is 1.30. The van der Waals surface area contributed by atoms with Gasteiger partial charge in [0.05, 0.1) is 5.92 Å². The van der Waals surface area contributed by atoms with E-state index in [1.165, 1.54) is 0 Å². The van der Waals surface area contributed by atoms with E-state index >= 15 is 0 Å². The zero-order valence-corrected chi connectivity index (χ0v) is 7.74. The van der Waals surface area contributed by atoms with Gasteiger partial charge < -0.3 is 4.74 Å². The van der Waals surface area contributed by atoms with Crippen LogP contribution in [0.5, 0.6) is 0 Å². The van der Waals surface area contributed by atoms with Gasteiger partial charge in [0.25, 0.3) is 6.10 Å². The van der Waals surface area contributed by atoms with Crippen LogP contribution in [0, 0.1) is 5.92 Å². The van der Waals surface area contributed by atoms with Crippen LogP contribution in [0.1, 0.15) is 13.8 Å². The molecular formula is C7H8F6O2. The number of carbonyl (C=O) groups excluding carboxylic acids is 1. The molecular weight excluding hydrogens is 230 g/mol. The molecule has 0 N–H and O–H groups in total. The maximum absolute atomic E-state index is 11.8. The Hall–Kier alpha value is -0.950. The molecule has 0 bridgehead atoms. The lowest BCUT2D eigenvalue weighted by atomic mass is 10.2. The van der Waals surface area contributed by atoms with Crippen LogP contribution in [0.4, 0.5) is 26.3 Å². The van der Waals surface area contributed by atoms with Crippen molar-refractivity contribution in [2.45, 2.75) is 32.3 Å². The molecule has 0 aliphatic carbocycles. The Bertz CT molecular complexity index is 215. The zero-order valence-electron chi connectivity index (χ0n) is 7.74. The number of alkyl halides is 6. The second-order valence-corrected chi connectivity index (χ2v) is 3.05. The minimum absolute atomic E-state index is 1.06. The van der Waals surface area contributed by atoms with Gasteiger partial charge in [-0.05, 0) is 0 Å². The van der Waals surface area contributed by atoms with Crippen molar-refractivity contribution in [3.63, 3.8) is 0 Å². The van der Waals surface area contributed by atoms with Gasteiger partial charge in [-0.15, -0.1) is 0 Å². The van der Waals surface area contributed by atoms with Crippen LogP contribution in [-0.4, -0.2) is 24.4 Å². The fraction of sp³-hybridized carbons (Fsp3) is 0.857. The number of hydrogen-bond donors (Lipinski definition) is 0. The summed E-state index contributed by atoms with van der Waals surface area (Å²) in [5.41, 5.74) is 0. The number of carbonyl (C=O) groups is 1. The van der Waals surface area contributed by atoms with Gasteiger partial charge in [-0.1, -0.05) is 13.8 Å². The molecule has 0 aliphatic rings. The van der Waals surface area contributed by atoms with Gasteiger partial charge in [0, 0.05) is 0 Å². The van der Waals surface area contributed by atoms with Crippen molar-refractivity contribution >= 4 is 5.97 Å². The molecule has 90 valence electrons. The molecule has 0 aliphatic heterocycles. The van der Waals surface area contributed by atoms with Crippen LogP contribution >= 0.6 is 0 Å². The van der Waals surface area contributed by atoms with E-state index in [1.54, 1.807) is 0 Å². The highest BCUT2D eigenvalue weighted by Gasteiger charge is 2.59. The van der Waals surface area contributed by atoms with Crippen molar-refractivity contribution in [3.8, 4) is 0 Å². The highest BCUT2D eigenvalue weighted by molar-refractivity contribution is 5.71. The van der Waals surface area contributed by atoms with Crippen LogP contribution < -0.4 is 0 Å². The number of esters is 1. The van der Waals surface area contributed by atoms with Gasteiger partial charge in [0.2, 0.25) is 0 Å². The number of halogens is 6. The summed E-state index contributed by atoms with van der Waals surface area (Å²) in [7, 11) is 0. The highest BCUT2D eigenvalue weighted by atomic mass is 19.4. The monoisotopic (exact) mass is 238 g/mol. The minimum Gasteiger partial charge on any atom is -0.443 e. The molecule has 0 saturated carbocycles. The molecule has 0 spiro atoms. The first-order valence-corrected chi connectivity index (χ1v) is 3.80. The van der Waals surface area contributed by atoms with E-state index in [-0.39, 0.29) is 0 Å². The highest BCUT2D eigenvalue weighted by Crippen LogP contribution is 2.36. The summed E-state index contributed by atoms with van der Waals surface area (Å²) in [4.78, 5) is 10.6. The first-order chi connectivity index (χ1) is 6.46. The predicted octanol–water partition coefficient (Wildman–Crippen LogP) is 2.68. The van der Waals surface area contributed by atoms with Crippen molar-refractivity contribution in [1.29, 1.82) is 0 Å². The number of rotatable bonds is 2. The molecule has 0 atom stereocenters. The van der Waals surface area contributed by atoms with E-state index in [0.717, 1.165) is 13.8 Å². The van der Waals surface area contributed by atoms with E-state index in [0.29, 0.717) is 0 Å². The number of hydrogen-bond acceptors (Lipinski definition) is 2. The largest absolute Gasteiger partial charge is 0.443 e. The fourth-order valence-electron chi connectivity index (χ4n) is 0.571. The van der Waals surface area contributed by atoms with Gasteiger partial charge >= 0.3 is 18.3 Å². The Labute approximate surface area is 81.2 Å². The molecule has 0 amide bonds. The van der Waals surface area contributed by atoms with Gasteiger partial charge in [-0.2, -0.15) is 26.3 Å². The van der Waals surface area contributed by atoms with Crippen molar-refractivity contribution < 1.29 is 35.9 Å². The summed E-state index contributed by atoms with van der Waals surface area (Å²) in [6.45, 7) is 2.26. The quantitative estimate of drug-likeness (QED) is 0.546. The Kier molecular flexibility index (Phi) is 4.01. The van der Waals surface area contributed by atoms with Gasteiger partial charge in [0.1, 0.15) is 0 Å². The fourth-order valence-corrected chi connectivity index (χ4v) is 0.571. The average Bonchev–Trinajstić information content (AvgIpc) is 1.94. The summed E-state index contributed by atoms with van der Waals surface area (Å²) >= 11 is 0. The van der Waals surface area contributed by atoms with E-state index < -0.39 is 30.3 Å². The lowest BCUT2D eigenvalue weighted by Crippen LogP contribution is -2.46. The van der Waals surface area contributed by atoms with Crippen LogP contribution in [0.3, 0.4) is 0 Å². The van der Waals surface area contributed by atoms with E-state index in [1.807, 2.05) is 0 Å². The van der Waals surface area contributed by atoms with Crippen LogP contribution in [-0.2, 0) is 9.53 Å². The summed E-state index contributed by atoms with van der Waals surface area (Å²) in [5, 5.41) is 0. The molecule has 0 rings (SSSR count). The molecule has 0 saturated heterocycles. The zero-order chi connectivity index (χ0) is 12.4. The minimum atomic E-state index is -5.65. The first kappa shape index (κ1) is 14.0. The second kappa shape index (κ2) is 4.28. The van der Waals surface area contributed by atoms with Crippen molar-refractivity contribution in [3.05, 3.63) is 0 Å². The predicted molar refractivity (Wildman–Crippen MR) is 36.8 cm³/mol. The summed E-state index contributed by atoms with van der Waals surface area (Å²) in [6.07, 6.45) is -15.4. The van der Waals surface area contributed by atoms with Crippen LogP contribution in [0.15, 0.2) is 0 Å². The van der Waals surface area contributed by atoms with Crippen molar-refractivity contribution in [1.82, 2.24) is 0 Å². The number of ether oxygens (including phenoxy) is 1. The first-order valence-electron chi connectivity index (χ1n) is 3.80. The van der Waals surface area contributed by atoms with E-state index in [2.05, 4.69) is 4.74 Å². The maximum Gasteiger partial charge on any atom is 0.434 e. The molecule has 0 aromatic carbocycles. The standard InChI is InChI=1S/C7H8F6O2/c1-3(2)4(14)15-5(6(8,9)10)7(11,12)13/h3,5H,1-2H3. The lowest BCUT2D eigenvalue weighted by Gasteiger charge is -2.23. The molecule has 0 aromatic rings. The van der Waals surface area contributed by atoms with Gasteiger partial charge in [-0.25, -0.2) is 0 Å². The molecule has 8 heteroatoms. The average molecular weight is 238 g/mol. The summed E-state index contributed by atoms with van der Waals surface area (Å²) in [5.74, 6) is -2.60. The molecule has 0 aromatic heterocycles. The Morgan fingerprint density at radius 1 is 1.00 bits per heavy atom. The SMILES string of the molecule is CC(C)C(=O)OC(C(F)(F)F)C(F)(F)F. The summed E-state index contributed by atoms with van der Waals surface area (Å²) < 4.78 is 74.4. The third-order valence-electron chi connectivity index (χ3n) is 1.30. The van der Waals surface area contributed by atoms with Crippen molar-refractivity contribution in [2.75, 3.05) is 0 Å². The smallest absolute Gasteiger partial charge is 0.434 e. The molecule has 0 unspecified atom stereocenters.